The molecule has 1 amide bonds. The SMILES string of the molecule is CC(C1CC1)N(C)CCCCC(=O)NN. The maximum Gasteiger partial charge on any atom is 0.233 e. The van der Waals surface area contributed by atoms with Gasteiger partial charge in [-0.3, -0.25) is 10.2 Å². The number of unbranched alkanes of at least 4 members (excludes halogenated alkanes) is 1. The van der Waals surface area contributed by atoms with Crippen LogP contribution in [-0.2, 0) is 4.79 Å². The van der Waals surface area contributed by atoms with Gasteiger partial charge in [0.05, 0.1) is 0 Å². The number of hydrogen-bond acceptors (Lipinski definition) is 3. The number of carbonyl (C=O) groups excluding carboxylic acids is 1. The third-order valence-electron chi connectivity index (χ3n) is 3.33. The van der Waals surface area contributed by atoms with Crippen LogP contribution in [0, 0.1) is 5.92 Å². The zero-order valence-electron chi connectivity index (χ0n) is 9.83. The summed E-state index contributed by atoms with van der Waals surface area (Å²) in [6.45, 7) is 3.37. The first kappa shape index (κ1) is 12.5. The predicted octanol–water partition coefficient (Wildman–Crippen LogP) is 0.877. The van der Waals surface area contributed by atoms with Gasteiger partial charge in [0.1, 0.15) is 0 Å². The zero-order chi connectivity index (χ0) is 11.3. The molecule has 0 heterocycles. The number of hydrazine groups is 1. The fraction of sp³-hybridized carbons (Fsp3) is 0.909. The average molecular weight is 213 g/mol. The van der Waals surface area contributed by atoms with Crippen LogP contribution in [0.15, 0.2) is 0 Å². The minimum absolute atomic E-state index is 0.0621. The molecule has 15 heavy (non-hydrogen) atoms. The molecule has 1 unspecified atom stereocenters. The quantitative estimate of drug-likeness (QED) is 0.286. The van der Waals surface area contributed by atoms with Crippen molar-refractivity contribution in [2.75, 3.05) is 13.6 Å². The van der Waals surface area contributed by atoms with Crippen LogP contribution in [0.2, 0.25) is 0 Å². The molecular weight excluding hydrogens is 190 g/mol. The summed E-state index contributed by atoms with van der Waals surface area (Å²) in [4.78, 5) is 13.3. The van der Waals surface area contributed by atoms with Gasteiger partial charge in [0.15, 0.2) is 0 Å². The lowest BCUT2D eigenvalue weighted by molar-refractivity contribution is -0.121. The summed E-state index contributed by atoms with van der Waals surface area (Å²) < 4.78 is 0. The second-order valence-corrected chi connectivity index (χ2v) is 4.58. The number of nitrogens with two attached hydrogens (primary N) is 1. The van der Waals surface area contributed by atoms with Gasteiger partial charge in [-0.2, -0.15) is 0 Å². The summed E-state index contributed by atoms with van der Waals surface area (Å²) in [7, 11) is 2.17. The molecule has 1 saturated carbocycles. The van der Waals surface area contributed by atoms with Gasteiger partial charge in [0.25, 0.3) is 0 Å². The highest BCUT2D eigenvalue weighted by molar-refractivity contribution is 5.75. The highest BCUT2D eigenvalue weighted by Crippen LogP contribution is 2.34. The Morgan fingerprint density at radius 1 is 1.53 bits per heavy atom. The molecule has 1 aliphatic rings. The van der Waals surface area contributed by atoms with E-state index < -0.39 is 0 Å². The van der Waals surface area contributed by atoms with Crippen LogP contribution in [0.4, 0.5) is 0 Å². The molecule has 3 N–H and O–H groups in total. The van der Waals surface area contributed by atoms with Crippen LogP contribution in [0.5, 0.6) is 0 Å². The van der Waals surface area contributed by atoms with Gasteiger partial charge in [-0.1, -0.05) is 0 Å². The van der Waals surface area contributed by atoms with E-state index >= 15 is 0 Å². The van der Waals surface area contributed by atoms with Crippen molar-refractivity contribution < 1.29 is 4.79 Å². The Bertz CT molecular complexity index is 204. The summed E-state index contributed by atoms with van der Waals surface area (Å²) in [5.41, 5.74) is 2.15. The van der Waals surface area contributed by atoms with E-state index in [0.717, 1.165) is 25.3 Å². The van der Waals surface area contributed by atoms with Gasteiger partial charge >= 0.3 is 0 Å². The molecule has 1 atom stereocenters. The second kappa shape index (κ2) is 6.08. The lowest BCUT2D eigenvalue weighted by Gasteiger charge is -2.24. The van der Waals surface area contributed by atoms with Crippen molar-refractivity contribution in [3.8, 4) is 0 Å². The van der Waals surface area contributed by atoms with Gasteiger partial charge in [-0.15, -0.1) is 0 Å². The van der Waals surface area contributed by atoms with Gasteiger partial charge in [0.2, 0.25) is 5.91 Å². The van der Waals surface area contributed by atoms with Gasteiger partial charge < -0.3 is 4.90 Å². The molecule has 0 spiro atoms. The first-order chi connectivity index (χ1) is 7.15. The summed E-state index contributed by atoms with van der Waals surface area (Å²) in [6, 6.07) is 0.702. The standard InChI is InChI=1S/C11H23N3O/c1-9(10-6-7-10)14(2)8-4-3-5-11(15)13-12/h9-10H,3-8,12H2,1-2H3,(H,13,15). The Kier molecular flexibility index (Phi) is 5.05. The molecule has 0 aromatic carbocycles. The molecule has 1 rings (SSSR count). The molecule has 1 aliphatic carbocycles. The lowest BCUT2D eigenvalue weighted by Crippen LogP contribution is -2.32. The molecule has 0 aromatic heterocycles. The fourth-order valence-electron chi connectivity index (χ4n) is 1.86. The third kappa shape index (κ3) is 4.62. The van der Waals surface area contributed by atoms with E-state index in [-0.39, 0.29) is 5.91 Å². The number of nitrogens with zero attached hydrogens (tertiary/aromatic N) is 1. The molecule has 1 fully saturated rings. The molecule has 4 heteroatoms. The van der Waals surface area contributed by atoms with E-state index in [4.69, 9.17) is 5.84 Å². The second-order valence-electron chi connectivity index (χ2n) is 4.58. The van der Waals surface area contributed by atoms with E-state index in [9.17, 15) is 4.79 Å². The van der Waals surface area contributed by atoms with Crippen molar-refractivity contribution in [3.05, 3.63) is 0 Å². The Labute approximate surface area is 92.2 Å². The van der Waals surface area contributed by atoms with Crippen LogP contribution < -0.4 is 11.3 Å². The highest BCUT2D eigenvalue weighted by Gasteiger charge is 2.29. The van der Waals surface area contributed by atoms with E-state index in [1.54, 1.807) is 0 Å². The molecule has 88 valence electrons. The Hall–Kier alpha value is -0.610. The molecule has 0 saturated heterocycles. The van der Waals surface area contributed by atoms with Crippen molar-refractivity contribution in [1.29, 1.82) is 0 Å². The normalized spacial score (nSPS) is 17.9. The molecule has 0 radical (unpaired) electrons. The van der Waals surface area contributed by atoms with E-state index in [1.165, 1.54) is 12.8 Å². The zero-order valence-corrected chi connectivity index (χ0v) is 9.83. The summed E-state index contributed by atoms with van der Waals surface area (Å²) in [5, 5.41) is 0. The van der Waals surface area contributed by atoms with Crippen LogP contribution in [-0.4, -0.2) is 30.4 Å². The van der Waals surface area contributed by atoms with Crippen molar-refractivity contribution in [3.63, 3.8) is 0 Å². The topological polar surface area (TPSA) is 58.4 Å². The van der Waals surface area contributed by atoms with E-state index in [0.29, 0.717) is 12.5 Å². The van der Waals surface area contributed by atoms with Crippen molar-refractivity contribution in [2.24, 2.45) is 11.8 Å². The number of amides is 1. The number of hydrogen-bond donors (Lipinski definition) is 2. The number of carbonyl (C=O) groups is 1. The van der Waals surface area contributed by atoms with Gasteiger partial charge in [-0.05, 0) is 52.1 Å². The molecule has 0 aliphatic heterocycles. The summed E-state index contributed by atoms with van der Waals surface area (Å²) >= 11 is 0. The van der Waals surface area contributed by atoms with Gasteiger partial charge in [-0.25, -0.2) is 5.84 Å². The largest absolute Gasteiger partial charge is 0.303 e. The van der Waals surface area contributed by atoms with Gasteiger partial charge in [0, 0.05) is 12.5 Å². The maximum absolute atomic E-state index is 10.9. The van der Waals surface area contributed by atoms with Crippen molar-refractivity contribution >= 4 is 5.91 Å². The van der Waals surface area contributed by atoms with Crippen LogP contribution in [0.3, 0.4) is 0 Å². The Morgan fingerprint density at radius 2 is 2.20 bits per heavy atom. The number of rotatable bonds is 7. The Balaban J connectivity index is 2.01. The predicted molar refractivity (Wildman–Crippen MR) is 61.0 cm³/mol. The summed E-state index contributed by atoms with van der Waals surface area (Å²) in [6.07, 6.45) is 5.32. The minimum atomic E-state index is -0.0621. The molecular formula is C11H23N3O. The smallest absolute Gasteiger partial charge is 0.233 e. The average Bonchev–Trinajstić information content (AvgIpc) is 3.06. The van der Waals surface area contributed by atoms with Crippen LogP contribution in [0.1, 0.15) is 39.0 Å². The van der Waals surface area contributed by atoms with E-state index in [1.807, 2.05) is 0 Å². The molecule has 0 aromatic rings. The first-order valence-electron chi connectivity index (χ1n) is 5.85. The lowest BCUT2D eigenvalue weighted by atomic mass is 10.1. The molecule has 4 nitrogen and oxygen atoms in total. The van der Waals surface area contributed by atoms with Crippen molar-refractivity contribution in [2.45, 2.75) is 45.1 Å². The third-order valence-corrected chi connectivity index (χ3v) is 3.33. The van der Waals surface area contributed by atoms with Crippen LogP contribution >= 0.6 is 0 Å². The Morgan fingerprint density at radius 3 is 2.73 bits per heavy atom. The fourth-order valence-corrected chi connectivity index (χ4v) is 1.86. The van der Waals surface area contributed by atoms with Crippen molar-refractivity contribution in [1.82, 2.24) is 10.3 Å². The monoisotopic (exact) mass is 213 g/mol. The minimum Gasteiger partial charge on any atom is -0.303 e. The van der Waals surface area contributed by atoms with Crippen LogP contribution in [0.25, 0.3) is 0 Å². The maximum atomic E-state index is 10.9. The van der Waals surface area contributed by atoms with E-state index in [2.05, 4.69) is 24.3 Å². The summed E-state index contributed by atoms with van der Waals surface area (Å²) in [5.74, 6) is 5.86. The first-order valence-corrected chi connectivity index (χ1v) is 5.85. The number of nitrogens with one attached hydrogen (secondary N) is 1. The molecule has 0 bridgehead atoms. The highest BCUT2D eigenvalue weighted by atomic mass is 16.2.